The Hall–Kier alpha value is -3.86. The number of amides is 1. The van der Waals surface area contributed by atoms with Gasteiger partial charge < -0.3 is 20.4 Å². The molecule has 3 atom stereocenters. The molecule has 1 unspecified atom stereocenters. The predicted octanol–water partition coefficient (Wildman–Crippen LogP) is 2.06. The Morgan fingerprint density at radius 1 is 1.05 bits per heavy atom. The summed E-state index contributed by atoms with van der Waals surface area (Å²) in [5, 5.41) is 20.2. The third kappa shape index (κ3) is 4.98. The number of nitrogens with one attached hydrogen (secondary N) is 1. The lowest BCUT2D eigenvalue weighted by atomic mass is 10.1. The molecule has 3 aromatic rings. The highest BCUT2D eigenvalue weighted by Crippen LogP contribution is 2.38. The van der Waals surface area contributed by atoms with E-state index in [1.807, 2.05) is 0 Å². The van der Waals surface area contributed by atoms with Gasteiger partial charge in [-0.05, 0) is 13.0 Å². The molecule has 0 bridgehead atoms. The highest BCUT2D eigenvalue weighted by Gasteiger charge is 2.61. The van der Waals surface area contributed by atoms with Gasteiger partial charge in [-0.15, -0.1) is 0 Å². The number of halogens is 8. The summed E-state index contributed by atoms with van der Waals surface area (Å²) in [5.74, 6) is -12.2. The number of hydrogen-bond acceptors (Lipinski definition) is 7. The number of aliphatic hydroxyl groups excluding tert-OH is 2. The molecule has 9 nitrogen and oxygen atoms in total. The Balaban J connectivity index is 1.91. The van der Waals surface area contributed by atoms with Crippen LogP contribution in [-0.2, 0) is 0 Å². The maximum absolute atomic E-state index is 15.0. The molecule has 17 heteroatoms. The predicted molar refractivity (Wildman–Crippen MR) is 117 cm³/mol. The number of hydrogen-bond donors (Lipinski definition) is 3. The molecule has 3 N–H and O–H groups in total. The SMILES string of the molecule is CC(NC(=O)c1cn(-c2ncc(F)cc2F)c2nc(N3C[C@@H](O)[C@H](O)C3)c(F)cc2c1=O)C(F)(F)C(F)(F)F. The smallest absolute Gasteiger partial charge is 0.389 e. The van der Waals surface area contributed by atoms with Crippen LogP contribution in [0.25, 0.3) is 16.9 Å². The molecular formula is C22H17F8N5O4. The number of alkyl halides is 5. The van der Waals surface area contributed by atoms with Gasteiger partial charge in [0.05, 0.1) is 29.8 Å². The highest BCUT2D eigenvalue weighted by molar-refractivity contribution is 5.97. The van der Waals surface area contributed by atoms with E-state index in [0.717, 1.165) is 4.90 Å². The van der Waals surface area contributed by atoms with E-state index >= 15 is 4.39 Å². The van der Waals surface area contributed by atoms with E-state index in [1.165, 1.54) is 5.32 Å². The number of pyridine rings is 3. The quantitative estimate of drug-likeness (QED) is 0.404. The average molecular weight is 567 g/mol. The van der Waals surface area contributed by atoms with Crippen molar-refractivity contribution in [1.82, 2.24) is 19.9 Å². The van der Waals surface area contributed by atoms with Crippen LogP contribution in [0.1, 0.15) is 17.3 Å². The number of rotatable bonds is 5. The minimum atomic E-state index is -6.05. The van der Waals surface area contributed by atoms with Crippen LogP contribution in [-0.4, -0.2) is 74.1 Å². The molecule has 39 heavy (non-hydrogen) atoms. The second-order valence-corrected chi connectivity index (χ2v) is 8.72. The Kier molecular flexibility index (Phi) is 7.01. The van der Waals surface area contributed by atoms with Crippen molar-refractivity contribution in [3.05, 3.63) is 57.8 Å². The van der Waals surface area contributed by atoms with Gasteiger partial charge in [0.2, 0.25) is 5.43 Å². The molecule has 1 aliphatic heterocycles. The first-order valence-electron chi connectivity index (χ1n) is 11.0. The molecule has 1 amide bonds. The summed E-state index contributed by atoms with van der Waals surface area (Å²) in [6.07, 6.45) is -7.58. The number of nitrogens with zero attached hydrogens (tertiary/aromatic N) is 4. The third-order valence-corrected chi connectivity index (χ3v) is 6.00. The minimum Gasteiger partial charge on any atom is -0.389 e. The average Bonchev–Trinajstić information content (AvgIpc) is 3.16. The first-order chi connectivity index (χ1) is 18.0. The van der Waals surface area contributed by atoms with Gasteiger partial charge in [0.15, 0.2) is 28.9 Å². The molecule has 0 aliphatic carbocycles. The van der Waals surface area contributed by atoms with Gasteiger partial charge in [0, 0.05) is 25.4 Å². The van der Waals surface area contributed by atoms with Gasteiger partial charge in [-0.25, -0.2) is 23.1 Å². The second kappa shape index (κ2) is 9.71. The van der Waals surface area contributed by atoms with E-state index < -0.39 is 87.4 Å². The number of carbonyl (C=O) groups is 1. The first kappa shape index (κ1) is 28.2. The number of aromatic nitrogens is 3. The molecule has 0 spiro atoms. The van der Waals surface area contributed by atoms with Crippen molar-refractivity contribution in [2.75, 3.05) is 18.0 Å². The zero-order valence-corrected chi connectivity index (χ0v) is 19.5. The zero-order chi connectivity index (χ0) is 29.0. The normalized spacial score (nSPS) is 19.0. The van der Waals surface area contributed by atoms with Crippen LogP contribution in [0.4, 0.5) is 40.9 Å². The summed E-state index contributed by atoms with van der Waals surface area (Å²) in [5.41, 5.74) is -3.06. The van der Waals surface area contributed by atoms with E-state index in [4.69, 9.17) is 0 Å². The van der Waals surface area contributed by atoms with Crippen LogP contribution in [0, 0.1) is 17.5 Å². The summed E-state index contributed by atoms with van der Waals surface area (Å²) < 4.78 is 109. The highest BCUT2D eigenvalue weighted by atomic mass is 19.4. The van der Waals surface area contributed by atoms with Crippen molar-refractivity contribution in [3.8, 4) is 5.82 Å². The maximum atomic E-state index is 15.0. The summed E-state index contributed by atoms with van der Waals surface area (Å²) in [6, 6.07) is -1.96. The Morgan fingerprint density at radius 2 is 1.64 bits per heavy atom. The van der Waals surface area contributed by atoms with E-state index in [1.54, 1.807) is 0 Å². The number of β-amino-alcohol motifs (C(OH)–C–C–N with tert-alkyl or cyclic N) is 2. The molecule has 1 saturated heterocycles. The van der Waals surface area contributed by atoms with Gasteiger partial charge >= 0.3 is 12.1 Å². The van der Waals surface area contributed by atoms with Crippen LogP contribution in [0.5, 0.6) is 0 Å². The van der Waals surface area contributed by atoms with Crippen molar-refractivity contribution in [1.29, 1.82) is 0 Å². The molecule has 3 aromatic heterocycles. The summed E-state index contributed by atoms with van der Waals surface area (Å²) in [6.45, 7) is -0.260. The van der Waals surface area contributed by atoms with Crippen molar-refractivity contribution in [3.63, 3.8) is 0 Å². The maximum Gasteiger partial charge on any atom is 0.455 e. The van der Waals surface area contributed by atoms with Crippen molar-refractivity contribution in [2.24, 2.45) is 0 Å². The Morgan fingerprint density at radius 3 is 2.21 bits per heavy atom. The lowest BCUT2D eigenvalue weighted by Crippen LogP contribution is -2.54. The van der Waals surface area contributed by atoms with Crippen LogP contribution in [0.2, 0.25) is 0 Å². The molecular weight excluding hydrogens is 550 g/mol. The van der Waals surface area contributed by atoms with Gasteiger partial charge in [0.1, 0.15) is 11.4 Å². The fourth-order valence-corrected chi connectivity index (χ4v) is 3.90. The van der Waals surface area contributed by atoms with Crippen molar-refractivity contribution < 1.29 is 50.1 Å². The van der Waals surface area contributed by atoms with E-state index in [2.05, 4.69) is 9.97 Å². The van der Waals surface area contributed by atoms with Gasteiger partial charge in [-0.1, -0.05) is 0 Å². The summed E-state index contributed by atoms with van der Waals surface area (Å²) in [7, 11) is 0. The molecule has 0 saturated carbocycles. The van der Waals surface area contributed by atoms with Gasteiger partial charge in [0.25, 0.3) is 5.91 Å². The van der Waals surface area contributed by atoms with E-state index in [-0.39, 0.29) is 13.1 Å². The molecule has 4 rings (SSSR count). The second-order valence-electron chi connectivity index (χ2n) is 8.72. The minimum absolute atomic E-state index is 0.296. The topological polar surface area (TPSA) is 121 Å². The molecule has 0 aromatic carbocycles. The number of aliphatic hydroxyl groups is 2. The molecule has 4 heterocycles. The Bertz CT molecular complexity index is 1500. The lowest BCUT2D eigenvalue weighted by Gasteiger charge is -2.26. The molecule has 1 fully saturated rings. The van der Waals surface area contributed by atoms with Crippen molar-refractivity contribution in [2.45, 2.75) is 37.3 Å². The number of fused-ring (bicyclic) bond motifs is 1. The summed E-state index contributed by atoms with van der Waals surface area (Å²) >= 11 is 0. The standard InChI is InChI=1S/C22H17F8N5O4/c1-8(21(26,27)22(28,29)30)32-20(39)11-5-35(18-12(24)2-9(23)4-31-18)17-10(16(11)38)3-13(25)19(33-17)34-6-14(36)15(37)7-34/h2-5,8,14-15,36-37H,6-7H2,1H3,(H,32,39)/t8?,14-,15-/m1/s1. The van der Waals surface area contributed by atoms with E-state index in [9.17, 15) is 50.5 Å². The Labute approximate surface area is 212 Å². The fourth-order valence-electron chi connectivity index (χ4n) is 3.90. The largest absolute Gasteiger partial charge is 0.455 e. The van der Waals surface area contributed by atoms with Gasteiger partial charge in [-0.2, -0.15) is 22.0 Å². The monoisotopic (exact) mass is 567 g/mol. The third-order valence-electron chi connectivity index (χ3n) is 6.00. The molecule has 0 radical (unpaired) electrons. The van der Waals surface area contributed by atoms with Gasteiger partial charge in [-0.3, -0.25) is 14.2 Å². The van der Waals surface area contributed by atoms with Crippen LogP contribution in [0.3, 0.4) is 0 Å². The van der Waals surface area contributed by atoms with E-state index in [0.29, 0.717) is 36.0 Å². The zero-order valence-electron chi connectivity index (χ0n) is 19.5. The molecule has 1 aliphatic rings. The lowest BCUT2D eigenvalue weighted by molar-refractivity contribution is -0.290. The first-order valence-corrected chi connectivity index (χ1v) is 11.0. The van der Waals surface area contributed by atoms with Crippen LogP contribution >= 0.6 is 0 Å². The van der Waals surface area contributed by atoms with Crippen molar-refractivity contribution >= 4 is 22.8 Å². The number of anilines is 1. The fraction of sp³-hybridized carbons (Fsp3) is 0.364. The van der Waals surface area contributed by atoms with Crippen LogP contribution in [0.15, 0.2) is 29.3 Å². The molecule has 210 valence electrons. The van der Waals surface area contributed by atoms with Crippen LogP contribution < -0.4 is 15.6 Å². The number of carbonyl (C=O) groups excluding carboxylic acids is 1. The summed E-state index contributed by atoms with van der Waals surface area (Å²) in [4.78, 5) is 34.3.